The minimum atomic E-state index is -0.0742. The second kappa shape index (κ2) is 6.85. The van der Waals surface area contributed by atoms with Crippen molar-refractivity contribution < 1.29 is 4.79 Å². The van der Waals surface area contributed by atoms with Crippen molar-refractivity contribution in [3.8, 4) is 0 Å². The first-order chi connectivity index (χ1) is 9.58. The van der Waals surface area contributed by atoms with Crippen LogP contribution < -0.4 is 5.32 Å². The standard InChI is InChI=1S/C12H17N5OS2/c1-4-19-12-15-14-11(20-12)13-10(18)7-9(3)17-6-5-8(2)16-17/h5-6,9H,4,7H2,1-3H3,(H,13,14,18). The van der Waals surface area contributed by atoms with Crippen LogP contribution in [0.25, 0.3) is 0 Å². The van der Waals surface area contributed by atoms with Gasteiger partial charge in [-0.15, -0.1) is 10.2 Å². The fourth-order valence-electron chi connectivity index (χ4n) is 1.65. The van der Waals surface area contributed by atoms with Gasteiger partial charge in [-0.3, -0.25) is 9.48 Å². The Hall–Kier alpha value is -1.41. The highest BCUT2D eigenvalue weighted by Crippen LogP contribution is 2.25. The van der Waals surface area contributed by atoms with Crippen LogP contribution in [-0.4, -0.2) is 31.6 Å². The van der Waals surface area contributed by atoms with Crippen LogP contribution in [0.5, 0.6) is 0 Å². The van der Waals surface area contributed by atoms with Gasteiger partial charge in [-0.25, -0.2) is 0 Å². The molecule has 2 aromatic rings. The van der Waals surface area contributed by atoms with Crippen molar-refractivity contribution in [3.63, 3.8) is 0 Å². The van der Waals surface area contributed by atoms with Crippen LogP contribution in [0.15, 0.2) is 16.6 Å². The zero-order chi connectivity index (χ0) is 14.5. The van der Waals surface area contributed by atoms with Gasteiger partial charge in [0, 0.05) is 12.6 Å². The first-order valence-corrected chi connectivity index (χ1v) is 8.16. The van der Waals surface area contributed by atoms with Crippen LogP contribution >= 0.6 is 23.1 Å². The molecule has 0 aliphatic carbocycles. The van der Waals surface area contributed by atoms with Gasteiger partial charge in [0.2, 0.25) is 11.0 Å². The molecule has 0 spiro atoms. The molecule has 2 heterocycles. The lowest BCUT2D eigenvalue weighted by atomic mass is 10.2. The first kappa shape index (κ1) is 15.0. The van der Waals surface area contributed by atoms with Gasteiger partial charge in [0.1, 0.15) is 0 Å². The summed E-state index contributed by atoms with van der Waals surface area (Å²) in [6.45, 7) is 5.94. The predicted molar refractivity (Wildman–Crippen MR) is 81.2 cm³/mol. The molecule has 2 rings (SSSR count). The Balaban J connectivity index is 1.88. The number of carbonyl (C=O) groups excluding carboxylic acids is 1. The Kier molecular flexibility index (Phi) is 5.13. The van der Waals surface area contributed by atoms with Crippen LogP contribution in [-0.2, 0) is 4.79 Å². The highest BCUT2D eigenvalue weighted by molar-refractivity contribution is 8.01. The van der Waals surface area contributed by atoms with E-state index < -0.39 is 0 Å². The van der Waals surface area contributed by atoms with Gasteiger partial charge in [-0.1, -0.05) is 30.0 Å². The van der Waals surface area contributed by atoms with Crippen molar-refractivity contribution in [2.24, 2.45) is 0 Å². The molecule has 0 bridgehead atoms. The van der Waals surface area contributed by atoms with Gasteiger partial charge < -0.3 is 5.32 Å². The molecule has 108 valence electrons. The van der Waals surface area contributed by atoms with Crippen LogP contribution in [0.4, 0.5) is 5.13 Å². The van der Waals surface area contributed by atoms with Gasteiger partial charge in [0.25, 0.3) is 0 Å². The second-order valence-corrected chi connectivity index (χ2v) is 6.83. The molecule has 1 atom stereocenters. The van der Waals surface area contributed by atoms with Crippen LogP contribution in [0.2, 0.25) is 0 Å². The Morgan fingerprint density at radius 2 is 2.35 bits per heavy atom. The molecule has 0 aliphatic rings. The number of aryl methyl sites for hydroxylation is 1. The molecule has 6 nitrogen and oxygen atoms in total. The maximum Gasteiger partial charge on any atom is 0.228 e. The van der Waals surface area contributed by atoms with E-state index in [1.54, 1.807) is 16.4 Å². The molecule has 0 aliphatic heterocycles. The normalized spacial score (nSPS) is 12.3. The van der Waals surface area contributed by atoms with E-state index in [0.29, 0.717) is 11.6 Å². The second-order valence-electron chi connectivity index (χ2n) is 4.34. The number of hydrogen-bond donors (Lipinski definition) is 1. The van der Waals surface area contributed by atoms with Crippen molar-refractivity contribution in [1.29, 1.82) is 0 Å². The monoisotopic (exact) mass is 311 g/mol. The van der Waals surface area contributed by atoms with Crippen molar-refractivity contribution >= 4 is 34.1 Å². The van der Waals surface area contributed by atoms with Crippen molar-refractivity contribution in [1.82, 2.24) is 20.0 Å². The van der Waals surface area contributed by atoms with Gasteiger partial charge in [-0.2, -0.15) is 5.10 Å². The molecule has 1 amide bonds. The van der Waals surface area contributed by atoms with E-state index in [0.717, 1.165) is 15.8 Å². The lowest BCUT2D eigenvalue weighted by Crippen LogP contribution is -2.17. The zero-order valence-electron chi connectivity index (χ0n) is 11.7. The maximum absolute atomic E-state index is 11.9. The quantitative estimate of drug-likeness (QED) is 0.656. The molecule has 1 N–H and O–H groups in total. The summed E-state index contributed by atoms with van der Waals surface area (Å²) in [5, 5.41) is 15.6. The third-order valence-electron chi connectivity index (χ3n) is 2.59. The summed E-state index contributed by atoms with van der Waals surface area (Å²) in [6, 6.07) is 1.94. The largest absolute Gasteiger partial charge is 0.300 e. The summed E-state index contributed by atoms with van der Waals surface area (Å²) in [5.74, 6) is 0.869. The number of carbonyl (C=O) groups is 1. The highest BCUT2D eigenvalue weighted by Gasteiger charge is 2.13. The molecule has 0 fully saturated rings. The average molecular weight is 311 g/mol. The number of nitrogens with zero attached hydrogens (tertiary/aromatic N) is 4. The van der Waals surface area contributed by atoms with E-state index in [4.69, 9.17) is 0 Å². The number of aromatic nitrogens is 4. The van der Waals surface area contributed by atoms with E-state index in [9.17, 15) is 4.79 Å². The number of amides is 1. The minimum absolute atomic E-state index is 0.0149. The van der Waals surface area contributed by atoms with E-state index in [1.165, 1.54) is 11.3 Å². The zero-order valence-corrected chi connectivity index (χ0v) is 13.3. The summed E-state index contributed by atoms with van der Waals surface area (Å²) in [7, 11) is 0. The summed E-state index contributed by atoms with van der Waals surface area (Å²) >= 11 is 3.02. The third kappa shape index (κ3) is 4.04. The number of hydrogen-bond acceptors (Lipinski definition) is 6. The molecule has 20 heavy (non-hydrogen) atoms. The number of nitrogens with one attached hydrogen (secondary N) is 1. The Labute approximate surface area is 126 Å². The molecule has 1 unspecified atom stereocenters. The van der Waals surface area contributed by atoms with Gasteiger partial charge >= 0.3 is 0 Å². The highest BCUT2D eigenvalue weighted by atomic mass is 32.2. The van der Waals surface area contributed by atoms with E-state index in [2.05, 4.69) is 27.5 Å². The smallest absolute Gasteiger partial charge is 0.228 e. The molecule has 0 saturated heterocycles. The first-order valence-electron chi connectivity index (χ1n) is 6.36. The summed E-state index contributed by atoms with van der Waals surface area (Å²) in [4.78, 5) is 11.9. The third-order valence-corrected chi connectivity index (χ3v) is 4.45. The number of anilines is 1. The van der Waals surface area contributed by atoms with E-state index in [1.807, 2.05) is 26.1 Å². The molecular formula is C12H17N5OS2. The Bertz CT molecular complexity index is 580. The fraction of sp³-hybridized carbons (Fsp3) is 0.500. The van der Waals surface area contributed by atoms with E-state index in [-0.39, 0.29) is 11.9 Å². The Morgan fingerprint density at radius 1 is 1.55 bits per heavy atom. The topological polar surface area (TPSA) is 72.7 Å². The minimum Gasteiger partial charge on any atom is -0.300 e. The number of thioether (sulfide) groups is 1. The predicted octanol–water partition coefficient (Wildman–Crippen LogP) is 2.74. The molecule has 0 radical (unpaired) electrons. The lowest BCUT2D eigenvalue weighted by molar-refractivity contribution is -0.116. The summed E-state index contributed by atoms with van der Waals surface area (Å²) in [6.07, 6.45) is 2.24. The van der Waals surface area contributed by atoms with Crippen molar-refractivity contribution in [2.45, 2.75) is 37.6 Å². The molecule has 0 saturated carbocycles. The maximum atomic E-state index is 11.9. The molecule has 2 aromatic heterocycles. The van der Waals surface area contributed by atoms with Crippen LogP contribution in [0.1, 0.15) is 32.0 Å². The fourth-order valence-corrected chi connectivity index (χ4v) is 3.32. The van der Waals surface area contributed by atoms with Gasteiger partial charge in [0.05, 0.1) is 11.7 Å². The van der Waals surface area contributed by atoms with Crippen LogP contribution in [0.3, 0.4) is 0 Å². The SMILES string of the molecule is CCSc1nnc(NC(=O)CC(C)n2ccc(C)n2)s1. The lowest BCUT2D eigenvalue weighted by Gasteiger charge is -2.11. The van der Waals surface area contributed by atoms with E-state index >= 15 is 0 Å². The molecule has 0 aromatic carbocycles. The van der Waals surface area contributed by atoms with Crippen molar-refractivity contribution in [3.05, 3.63) is 18.0 Å². The summed E-state index contributed by atoms with van der Waals surface area (Å²) in [5.41, 5.74) is 0.947. The number of rotatable bonds is 6. The van der Waals surface area contributed by atoms with Gasteiger partial charge in [0.15, 0.2) is 4.34 Å². The van der Waals surface area contributed by atoms with Gasteiger partial charge in [-0.05, 0) is 25.7 Å². The van der Waals surface area contributed by atoms with Crippen molar-refractivity contribution in [2.75, 3.05) is 11.1 Å². The van der Waals surface area contributed by atoms with Crippen LogP contribution in [0, 0.1) is 6.92 Å². The summed E-state index contributed by atoms with van der Waals surface area (Å²) < 4.78 is 2.67. The average Bonchev–Trinajstić information content (AvgIpc) is 2.99. The molecule has 8 heteroatoms. The Morgan fingerprint density at radius 3 is 3.00 bits per heavy atom. The molecular weight excluding hydrogens is 294 g/mol.